The molecule has 0 spiro atoms. The molecule has 0 N–H and O–H groups in total. The van der Waals surface area contributed by atoms with Crippen molar-refractivity contribution in [3.05, 3.63) is 77.7 Å². The van der Waals surface area contributed by atoms with Gasteiger partial charge in [-0.25, -0.2) is 8.96 Å². The maximum atomic E-state index is 13.6. The predicted octanol–water partition coefficient (Wildman–Crippen LogP) is 3.20. The van der Waals surface area contributed by atoms with Gasteiger partial charge in [0, 0.05) is 17.7 Å². The minimum Gasteiger partial charge on any atom is -0.206 e. The van der Waals surface area contributed by atoms with Crippen LogP contribution in [0.2, 0.25) is 0 Å². The molecule has 2 aromatic carbocycles. The van der Waals surface area contributed by atoms with Crippen molar-refractivity contribution < 1.29 is 8.96 Å². The summed E-state index contributed by atoms with van der Waals surface area (Å²) in [5.41, 5.74) is 2.43. The average molecular weight is 262 g/mol. The van der Waals surface area contributed by atoms with E-state index in [1.807, 2.05) is 48.1 Å². The summed E-state index contributed by atoms with van der Waals surface area (Å²) in [6.45, 7) is 0. The van der Waals surface area contributed by atoms with Gasteiger partial charge in [-0.2, -0.15) is 0 Å². The maximum Gasteiger partial charge on any atom is 0.213 e. The molecular formula is C18H13FN+. The SMILES string of the molecule is C[n+]1ccc(C#Cc2ccccc2F)c2ccccc21. The second kappa shape index (κ2) is 5.14. The fraction of sp³-hybridized carbons (Fsp3) is 0.0556. The van der Waals surface area contributed by atoms with Gasteiger partial charge in [0.25, 0.3) is 0 Å². The van der Waals surface area contributed by atoms with E-state index in [1.54, 1.807) is 18.2 Å². The molecule has 0 amide bonds. The second-order valence-electron chi connectivity index (χ2n) is 4.59. The molecule has 0 atom stereocenters. The average Bonchev–Trinajstić information content (AvgIpc) is 2.48. The number of pyridine rings is 1. The Morgan fingerprint density at radius 3 is 2.40 bits per heavy atom. The highest BCUT2D eigenvalue weighted by atomic mass is 19.1. The van der Waals surface area contributed by atoms with Gasteiger partial charge in [0.05, 0.1) is 10.9 Å². The largest absolute Gasteiger partial charge is 0.213 e. The zero-order valence-electron chi connectivity index (χ0n) is 11.1. The van der Waals surface area contributed by atoms with E-state index >= 15 is 0 Å². The fourth-order valence-corrected chi connectivity index (χ4v) is 2.17. The Morgan fingerprint density at radius 1 is 0.850 bits per heavy atom. The van der Waals surface area contributed by atoms with Gasteiger partial charge >= 0.3 is 0 Å². The highest BCUT2D eigenvalue weighted by Gasteiger charge is 2.06. The molecule has 1 aromatic heterocycles. The molecule has 3 rings (SSSR count). The number of halogens is 1. The van der Waals surface area contributed by atoms with Crippen LogP contribution in [0.4, 0.5) is 4.39 Å². The van der Waals surface area contributed by atoms with E-state index in [-0.39, 0.29) is 5.82 Å². The number of hydrogen-bond donors (Lipinski definition) is 0. The van der Waals surface area contributed by atoms with Gasteiger partial charge in [-0.15, -0.1) is 0 Å². The van der Waals surface area contributed by atoms with E-state index < -0.39 is 0 Å². The van der Waals surface area contributed by atoms with Crippen molar-refractivity contribution in [3.63, 3.8) is 0 Å². The summed E-state index contributed by atoms with van der Waals surface area (Å²) in [6.07, 6.45) is 1.97. The van der Waals surface area contributed by atoms with Crippen molar-refractivity contribution >= 4 is 10.9 Å². The Balaban J connectivity index is 2.14. The van der Waals surface area contributed by atoms with Crippen molar-refractivity contribution in [2.45, 2.75) is 0 Å². The summed E-state index contributed by atoms with van der Waals surface area (Å²) in [7, 11) is 2.00. The van der Waals surface area contributed by atoms with Crippen LogP contribution in [0.1, 0.15) is 11.1 Å². The van der Waals surface area contributed by atoms with Crippen LogP contribution in [0, 0.1) is 17.7 Å². The molecule has 0 bridgehead atoms. The quantitative estimate of drug-likeness (QED) is 0.433. The Morgan fingerprint density at radius 2 is 1.55 bits per heavy atom. The van der Waals surface area contributed by atoms with E-state index in [0.717, 1.165) is 16.5 Å². The van der Waals surface area contributed by atoms with E-state index in [1.165, 1.54) is 6.07 Å². The first-order valence-electron chi connectivity index (χ1n) is 6.39. The van der Waals surface area contributed by atoms with Gasteiger partial charge < -0.3 is 0 Å². The minimum absolute atomic E-state index is 0.286. The Labute approximate surface area is 117 Å². The van der Waals surface area contributed by atoms with Crippen LogP contribution < -0.4 is 4.57 Å². The highest BCUT2D eigenvalue weighted by Crippen LogP contribution is 2.14. The number of aromatic nitrogens is 1. The summed E-state index contributed by atoms with van der Waals surface area (Å²) in [4.78, 5) is 0. The van der Waals surface area contributed by atoms with Gasteiger partial charge in [-0.3, -0.25) is 0 Å². The van der Waals surface area contributed by atoms with Gasteiger partial charge in [0.2, 0.25) is 5.52 Å². The molecular weight excluding hydrogens is 249 g/mol. The van der Waals surface area contributed by atoms with Gasteiger partial charge in [0.1, 0.15) is 12.9 Å². The van der Waals surface area contributed by atoms with E-state index in [4.69, 9.17) is 0 Å². The summed E-state index contributed by atoms with van der Waals surface area (Å²) >= 11 is 0. The smallest absolute Gasteiger partial charge is 0.206 e. The van der Waals surface area contributed by atoms with Gasteiger partial charge in [-0.1, -0.05) is 36.1 Å². The lowest BCUT2D eigenvalue weighted by Gasteiger charge is -1.98. The van der Waals surface area contributed by atoms with Crippen molar-refractivity contribution in [2.75, 3.05) is 0 Å². The first-order chi connectivity index (χ1) is 9.75. The molecule has 0 fully saturated rings. The molecule has 2 heteroatoms. The van der Waals surface area contributed by atoms with Crippen molar-refractivity contribution in [2.24, 2.45) is 7.05 Å². The Kier molecular flexibility index (Phi) is 3.18. The van der Waals surface area contributed by atoms with Crippen LogP contribution in [0.25, 0.3) is 10.9 Å². The van der Waals surface area contributed by atoms with Crippen molar-refractivity contribution in [1.82, 2.24) is 0 Å². The van der Waals surface area contributed by atoms with E-state index in [2.05, 4.69) is 11.8 Å². The van der Waals surface area contributed by atoms with Crippen LogP contribution in [0.3, 0.4) is 0 Å². The number of hydrogen-bond acceptors (Lipinski definition) is 0. The van der Waals surface area contributed by atoms with Gasteiger partial charge in [-0.05, 0) is 18.2 Å². The number of nitrogens with zero attached hydrogens (tertiary/aromatic N) is 1. The minimum atomic E-state index is -0.286. The number of aryl methyl sites for hydroxylation is 1. The van der Waals surface area contributed by atoms with Crippen LogP contribution in [-0.2, 0) is 7.05 Å². The predicted molar refractivity (Wildman–Crippen MR) is 77.5 cm³/mol. The molecule has 0 saturated carbocycles. The second-order valence-corrected chi connectivity index (χ2v) is 4.59. The number of benzene rings is 2. The normalized spacial score (nSPS) is 10.1. The third-order valence-corrected chi connectivity index (χ3v) is 3.24. The molecule has 1 heterocycles. The van der Waals surface area contributed by atoms with Gasteiger partial charge in [0.15, 0.2) is 6.20 Å². The molecule has 0 radical (unpaired) electrons. The maximum absolute atomic E-state index is 13.6. The summed E-state index contributed by atoms with van der Waals surface area (Å²) in [5.74, 6) is 5.69. The Bertz CT molecular complexity index is 841. The Hall–Kier alpha value is -2.66. The first kappa shape index (κ1) is 12.4. The summed E-state index contributed by atoms with van der Waals surface area (Å²) in [5, 5.41) is 1.07. The number of para-hydroxylation sites is 1. The van der Waals surface area contributed by atoms with Crippen molar-refractivity contribution in [3.8, 4) is 11.8 Å². The highest BCUT2D eigenvalue weighted by molar-refractivity contribution is 5.82. The van der Waals surface area contributed by atoms with Crippen LogP contribution in [0.5, 0.6) is 0 Å². The monoisotopic (exact) mass is 262 g/mol. The lowest BCUT2D eigenvalue weighted by atomic mass is 10.1. The summed E-state index contributed by atoms with van der Waals surface area (Å²) < 4.78 is 15.6. The third kappa shape index (κ3) is 2.26. The third-order valence-electron chi connectivity index (χ3n) is 3.24. The zero-order chi connectivity index (χ0) is 13.9. The molecule has 0 unspecified atom stereocenters. The standard InChI is InChI=1S/C18H13FN/c1-20-13-12-14(16-7-3-5-9-18(16)20)10-11-15-6-2-4-8-17(15)19/h2-9,12-13H,1H3/q+1. The zero-order valence-corrected chi connectivity index (χ0v) is 11.1. The van der Waals surface area contributed by atoms with Crippen LogP contribution >= 0.6 is 0 Å². The molecule has 20 heavy (non-hydrogen) atoms. The molecule has 3 aromatic rings. The first-order valence-corrected chi connectivity index (χ1v) is 6.39. The number of rotatable bonds is 0. The molecule has 0 saturated heterocycles. The van der Waals surface area contributed by atoms with Crippen LogP contribution in [0.15, 0.2) is 60.8 Å². The molecule has 0 aliphatic rings. The van der Waals surface area contributed by atoms with E-state index in [9.17, 15) is 4.39 Å². The lowest BCUT2D eigenvalue weighted by Crippen LogP contribution is -2.28. The summed E-state index contributed by atoms with van der Waals surface area (Å²) in [6, 6.07) is 16.6. The molecule has 1 nitrogen and oxygen atoms in total. The lowest BCUT2D eigenvalue weighted by molar-refractivity contribution is -0.644. The van der Waals surface area contributed by atoms with Crippen molar-refractivity contribution in [1.29, 1.82) is 0 Å². The molecule has 96 valence electrons. The molecule has 0 aliphatic carbocycles. The molecule has 0 aliphatic heterocycles. The van der Waals surface area contributed by atoms with E-state index in [0.29, 0.717) is 5.56 Å². The van der Waals surface area contributed by atoms with Crippen LogP contribution in [-0.4, -0.2) is 0 Å². The topological polar surface area (TPSA) is 3.88 Å². The fourth-order valence-electron chi connectivity index (χ4n) is 2.17. The number of fused-ring (bicyclic) bond motifs is 1.